The van der Waals surface area contributed by atoms with Gasteiger partial charge >= 0.3 is 0 Å². The average Bonchev–Trinajstić information content (AvgIpc) is 2.25. The highest BCUT2D eigenvalue weighted by atomic mass is 16.6. The minimum Gasteiger partial charge on any atom is -0.394 e. The zero-order chi connectivity index (χ0) is 13.0. The van der Waals surface area contributed by atoms with Gasteiger partial charge in [0.25, 0.3) is 5.69 Å². The van der Waals surface area contributed by atoms with Gasteiger partial charge in [0.15, 0.2) is 0 Å². The molecule has 0 heterocycles. The van der Waals surface area contributed by atoms with E-state index in [4.69, 9.17) is 0 Å². The molecule has 0 aliphatic heterocycles. The lowest BCUT2D eigenvalue weighted by molar-refractivity contribution is -0.384. The standard InChI is InChI=1S/C12H18N2O3/c1-8(2)11(7-15)13-10-6-9(3)4-5-12(10)14(16)17/h4-6,8,11,13,15H,7H2,1-3H3. The van der Waals surface area contributed by atoms with E-state index in [1.807, 2.05) is 20.8 Å². The zero-order valence-corrected chi connectivity index (χ0v) is 10.3. The van der Waals surface area contributed by atoms with Gasteiger partial charge in [0.05, 0.1) is 17.6 Å². The number of nitro groups is 1. The van der Waals surface area contributed by atoms with Gasteiger partial charge in [0, 0.05) is 6.07 Å². The lowest BCUT2D eigenvalue weighted by atomic mass is 10.0. The van der Waals surface area contributed by atoms with Crippen LogP contribution >= 0.6 is 0 Å². The van der Waals surface area contributed by atoms with E-state index in [2.05, 4.69) is 5.32 Å². The maximum atomic E-state index is 10.9. The fourth-order valence-electron chi connectivity index (χ4n) is 1.55. The summed E-state index contributed by atoms with van der Waals surface area (Å²) in [6.45, 7) is 5.73. The topological polar surface area (TPSA) is 75.4 Å². The normalized spacial score (nSPS) is 12.5. The van der Waals surface area contributed by atoms with E-state index < -0.39 is 4.92 Å². The SMILES string of the molecule is Cc1ccc([N+](=O)[O-])c(NC(CO)C(C)C)c1. The third-order valence-corrected chi connectivity index (χ3v) is 2.69. The minimum absolute atomic E-state index is 0.0368. The molecule has 0 aromatic heterocycles. The van der Waals surface area contributed by atoms with Gasteiger partial charge in [-0.25, -0.2) is 0 Å². The fourth-order valence-corrected chi connectivity index (χ4v) is 1.55. The second kappa shape index (κ2) is 5.63. The van der Waals surface area contributed by atoms with Gasteiger partial charge in [-0.15, -0.1) is 0 Å². The molecule has 0 saturated heterocycles. The molecule has 0 radical (unpaired) electrons. The molecule has 5 heteroatoms. The number of hydrogen-bond donors (Lipinski definition) is 2. The Morgan fingerprint density at radius 3 is 2.59 bits per heavy atom. The molecule has 0 aliphatic carbocycles. The first-order chi connectivity index (χ1) is 7.95. The van der Waals surface area contributed by atoms with Gasteiger partial charge in [0.1, 0.15) is 5.69 Å². The van der Waals surface area contributed by atoms with Crippen molar-refractivity contribution in [3.05, 3.63) is 33.9 Å². The highest BCUT2D eigenvalue weighted by Gasteiger charge is 2.18. The minimum atomic E-state index is -0.420. The molecule has 5 nitrogen and oxygen atoms in total. The molecule has 0 saturated carbocycles. The predicted octanol–water partition coefficient (Wildman–Crippen LogP) is 2.33. The van der Waals surface area contributed by atoms with Crippen LogP contribution in [0.5, 0.6) is 0 Å². The number of hydrogen-bond acceptors (Lipinski definition) is 4. The fraction of sp³-hybridized carbons (Fsp3) is 0.500. The molecule has 1 aromatic rings. The maximum Gasteiger partial charge on any atom is 0.292 e. The number of nitrogens with one attached hydrogen (secondary N) is 1. The van der Waals surface area contributed by atoms with Crippen molar-refractivity contribution in [2.45, 2.75) is 26.8 Å². The Kier molecular flexibility index (Phi) is 4.45. The van der Waals surface area contributed by atoms with E-state index >= 15 is 0 Å². The molecular formula is C12H18N2O3. The molecule has 0 bridgehead atoms. The third kappa shape index (κ3) is 3.42. The second-order valence-electron chi connectivity index (χ2n) is 4.46. The molecule has 0 spiro atoms. The van der Waals surface area contributed by atoms with Crippen molar-refractivity contribution in [2.24, 2.45) is 5.92 Å². The highest BCUT2D eigenvalue weighted by molar-refractivity contribution is 5.63. The van der Waals surface area contributed by atoms with Crippen LogP contribution in [0.15, 0.2) is 18.2 Å². The maximum absolute atomic E-state index is 10.9. The van der Waals surface area contributed by atoms with Crippen LogP contribution in [0.25, 0.3) is 0 Å². The Morgan fingerprint density at radius 2 is 2.12 bits per heavy atom. The van der Waals surface area contributed by atoms with E-state index in [1.54, 1.807) is 12.1 Å². The molecule has 1 aromatic carbocycles. The van der Waals surface area contributed by atoms with Crippen LogP contribution in [0, 0.1) is 23.0 Å². The van der Waals surface area contributed by atoms with Crippen LogP contribution in [-0.4, -0.2) is 22.7 Å². The Balaban J connectivity index is 3.03. The molecule has 17 heavy (non-hydrogen) atoms. The molecule has 94 valence electrons. The first-order valence-corrected chi connectivity index (χ1v) is 5.58. The Bertz CT molecular complexity index is 405. The summed E-state index contributed by atoms with van der Waals surface area (Å²) in [7, 11) is 0. The Morgan fingerprint density at radius 1 is 1.47 bits per heavy atom. The zero-order valence-electron chi connectivity index (χ0n) is 10.3. The van der Waals surface area contributed by atoms with Crippen LogP contribution in [0.2, 0.25) is 0 Å². The number of anilines is 1. The summed E-state index contributed by atoms with van der Waals surface area (Å²) in [6, 6.07) is 4.72. The van der Waals surface area contributed by atoms with E-state index in [0.717, 1.165) is 5.56 Å². The van der Waals surface area contributed by atoms with Crippen LogP contribution in [0.1, 0.15) is 19.4 Å². The van der Waals surface area contributed by atoms with Crippen LogP contribution in [0.4, 0.5) is 11.4 Å². The van der Waals surface area contributed by atoms with Crippen molar-refractivity contribution in [1.29, 1.82) is 0 Å². The van der Waals surface area contributed by atoms with E-state index in [-0.39, 0.29) is 24.3 Å². The molecule has 2 N–H and O–H groups in total. The lowest BCUT2D eigenvalue weighted by Gasteiger charge is -2.21. The van der Waals surface area contributed by atoms with Gasteiger partial charge in [-0.2, -0.15) is 0 Å². The number of benzene rings is 1. The van der Waals surface area contributed by atoms with Gasteiger partial charge in [0.2, 0.25) is 0 Å². The highest BCUT2D eigenvalue weighted by Crippen LogP contribution is 2.26. The first kappa shape index (κ1) is 13.4. The second-order valence-corrected chi connectivity index (χ2v) is 4.46. The van der Waals surface area contributed by atoms with Gasteiger partial charge in [-0.3, -0.25) is 10.1 Å². The molecular weight excluding hydrogens is 220 g/mol. The molecule has 0 amide bonds. The molecule has 1 unspecified atom stereocenters. The summed E-state index contributed by atoms with van der Waals surface area (Å²) < 4.78 is 0. The van der Waals surface area contributed by atoms with Crippen molar-refractivity contribution >= 4 is 11.4 Å². The van der Waals surface area contributed by atoms with Crippen molar-refractivity contribution in [3.63, 3.8) is 0 Å². The number of aryl methyl sites for hydroxylation is 1. The quantitative estimate of drug-likeness (QED) is 0.609. The lowest BCUT2D eigenvalue weighted by Crippen LogP contribution is -2.29. The molecule has 1 rings (SSSR count). The van der Waals surface area contributed by atoms with Crippen molar-refractivity contribution < 1.29 is 10.0 Å². The average molecular weight is 238 g/mol. The summed E-state index contributed by atoms with van der Waals surface area (Å²) in [5.74, 6) is 0.195. The first-order valence-electron chi connectivity index (χ1n) is 5.58. The van der Waals surface area contributed by atoms with Gasteiger partial charge in [-0.05, 0) is 24.5 Å². The Hall–Kier alpha value is -1.62. The third-order valence-electron chi connectivity index (χ3n) is 2.69. The van der Waals surface area contributed by atoms with E-state index in [1.165, 1.54) is 6.07 Å². The summed E-state index contributed by atoms with van der Waals surface area (Å²) in [5.41, 5.74) is 1.44. The van der Waals surface area contributed by atoms with Crippen LogP contribution < -0.4 is 5.32 Å². The number of nitro benzene ring substituents is 1. The summed E-state index contributed by atoms with van der Waals surface area (Å²) in [5, 5.41) is 23.1. The number of nitrogens with zero attached hydrogens (tertiary/aromatic N) is 1. The van der Waals surface area contributed by atoms with Crippen LogP contribution in [0.3, 0.4) is 0 Å². The van der Waals surface area contributed by atoms with E-state index in [9.17, 15) is 15.2 Å². The van der Waals surface area contributed by atoms with Crippen LogP contribution in [-0.2, 0) is 0 Å². The molecule has 1 atom stereocenters. The van der Waals surface area contributed by atoms with Gasteiger partial charge < -0.3 is 10.4 Å². The van der Waals surface area contributed by atoms with Crippen molar-refractivity contribution in [2.75, 3.05) is 11.9 Å². The summed E-state index contributed by atoms with van der Waals surface area (Å²) in [4.78, 5) is 10.5. The largest absolute Gasteiger partial charge is 0.394 e. The van der Waals surface area contributed by atoms with Gasteiger partial charge in [-0.1, -0.05) is 19.9 Å². The summed E-state index contributed by atoms with van der Waals surface area (Å²) >= 11 is 0. The monoisotopic (exact) mass is 238 g/mol. The Labute approximate surface area is 101 Å². The number of aliphatic hydroxyl groups is 1. The molecule has 0 aliphatic rings. The molecule has 0 fully saturated rings. The predicted molar refractivity (Wildman–Crippen MR) is 67.2 cm³/mol. The van der Waals surface area contributed by atoms with Crippen molar-refractivity contribution in [1.82, 2.24) is 0 Å². The summed E-state index contributed by atoms with van der Waals surface area (Å²) in [6.07, 6.45) is 0. The van der Waals surface area contributed by atoms with Crippen molar-refractivity contribution in [3.8, 4) is 0 Å². The smallest absolute Gasteiger partial charge is 0.292 e. The number of rotatable bonds is 5. The number of aliphatic hydroxyl groups excluding tert-OH is 1. The van der Waals surface area contributed by atoms with E-state index in [0.29, 0.717) is 5.69 Å².